The van der Waals surface area contributed by atoms with Crippen molar-refractivity contribution in [2.24, 2.45) is 9.98 Å². The Balaban J connectivity index is 1.15. The molecule has 8 rings (SSSR count). The van der Waals surface area contributed by atoms with Gasteiger partial charge in [-0.05, 0) is 85.1 Å². The van der Waals surface area contributed by atoms with Crippen LogP contribution in [0.3, 0.4) is 0 Å². The molecule has 0 radical (unpaired) electrons. The number of hydrogen-bond acceptors (Lipinski definition) is 3. The van der Waals surface area contributed by atoms with Crippen molar-refractivity contribution < 1.29 is 0 Å². The Bertz CT molecular complexity index is 2580. The number of nitrogens with zero attached hydrogens (tertiary/aromatic N) is 3. The second-order valence-electron chi connectivity index (χ2n) is 12.9. The van der Waals surface area contributed by atoms with Crippen molar-refractivity contribution in [3.63, 3.8) is 0 Å². The topological polar surface area (TPSA) is 37.6 Å². The molecule has 0 fully saturated rings. The van der Waals surface area contributed by atoms with Crippen molar-refractivity contribution in [2.75, 3.05) is 7.05 Å². The van der Waals surface area contributed by atoms with E-state index < -0.39 is 0 Å². The van der Waals surface area contributed by atoms with Crippen molar-refractivity contribution in [2.45, 2.75) is 6.92 Å². The maximum atomic E-state index is 5.27. The van der Waals surface area contributed by atoms with Crippen molar-refractivity contribution in [3.05, 3.63) is 205 Å². The molecule has 1 heterocycles. The van der Waals surface area contributed by atoms with Gasteiger partial charge in [0.25, 0.3) is 0 Å². The summed E-state index contributed by atoms with van der Waals surface area (Å²) in [4.78, 5) is 14.3. The van der Waals surface area contributed by atoms with E-state index in [2.05, 4.69) is 182 Å². The second-order valence-corrected chi connectivity index (χ2v) is 12.9. The van der Waals surface area contributed by atoms with E-state index >= 15 is 0 Å². The van der Waals surface area contributed by atoms with Gasteiger partial charge >= 0.3 is 0 Å². The van der Waals surface area contributed by atoms with Crippen LogP contribution in [0.25, 0.3) is 60.6 Å². The van der Waals surface area contributed by atoms with Crippen molar-refractivity contribution in [1.82, 2.24) is 4.98 Å². The molecule has 0 saturated heterocycles. The quantitative estimate of drug-likeness (QED) is 0.149. The number of benzene rings is 7. The van der Waals surface area contributed by atoms with Crippen LogP contribution < -0.4 is 0 Å². The van der Waals surface area contributed by atoms with Gasteiger partial charge in [-0.2, -0.15) is 0 Å². The molecule has 0 aliphatic heterocycles. The highest BCUT2D eigenvalue weighted by Gasteiger charge is 2.11. The van der Waals surface area contributed by atoms with Gasteiger partial charge in [0.05, 0.1) is 11.4 Å². The smallest absolute Gasteiger partial charge is 0.0726 e. The fourth-order valence-electron chi connectivity index (χ4n) is 6.86. The van der Waals surface area contributed by atoms with Gasteiger partial charge in [0.2, 0.25) is 0 Å². The van der Waals surface area contributed by atoms with Crippen LogP contribution in [0, 0.1) is 0 Å². The summed E-state index contributed by atoms with van der Waals surface area (Å²) in [6.45, 7) is 2.08. The van der Waals surface area contributed by atoms with E-state index in [1.165, 1.54) is 43.8 Å². The van der Waals surface area contributed by atoms with Gasteiger partial charge < -0.3 is 0 Å². The standard InChI is InChI=1S/C49H37N3/c1-34(35-19-23-39(24-20-35)46-17-7-12-37-10-3-5-15-44(37)46)52-49(42-27-21-36(22-28-42)43-14-9-31-51-33-43)32-48(50-2)41-29-25-40(26-30-41)47-18-8-13-38-11-4-6-16-45(38)47/h3-33H,1-2H3/b49-32-,50-48?,52-34?. The third kappa shape index (κ3) is 6.73. The molecule has 0 spiro atoms. The molecular formula is C49H37N3. The first-order valence-electron chi connectivity index (χ1n) is 17.6. The van der Waals surface area contributed by atoms with Gasteiger partial charge in [-0.1, -0.05) is 164 Å². The SMILES string of the molecule is CN=C(/C=C(\N=C(C)c1ccc(-c2cccc3ccccc23)cc1)c1ccc(-c2cccnc2)cc1)c1ccc(-c2cccc3ccccc23)cc1. The number of aliphatic imine (C=N–C) groups is 2. The molecule has 0 atom stereocenters. The van der Waals surface area contributed by atoms with Gasteiger partial charge in [0.15, 0.2) is 0 Å². The number of hydrogen-bond donors (Lipinski definition) is 0. The van der Waals surface area contributed by atoms with Crippen LogP contribution in [0.5, 0.6) is 0 Å². The molecule has 0 N–H and O–H groups in total. The van der Waals surface area contributed by atoms with E-state index in [1.807, 2.05) is 19.3 Å². The molecule has 52 heavy (non-hydrogen) atoms. The molecule has 3 nitrogen and oxygen atoms in total. The molecule has 0 unspecified atom stereocenters. The first kappa shape index (κ1) is 32.5. The minimum absolute atomic E-state index is 0.840. The Morgan fingerprint density at radius 3 is 1.56 bits per heavy atom. The van der Waals surface area contributed by atoms with Crippen LogP contribution in [0.2, 0.25) is 0 Å². The first-order chi connectivity index (χ1) is 25.6. The van der Waals surface area contributed by atoms with Gasteiger partial charge in [0, 0.05) is 30.7 Å². The average Bonchev–Trinajstić information content (AvgIpc) is 3.22. The third-order valence-electron chi connectivity index (χ3n) is 9.66. The molecule has 0 bridgehead atoms. The third-order valence-corrected chi connectivity index (χ3v) is 9.66. The summed E-state index contributed by atoms with van der Waals surface area (Å²) in [5.74, 6) is 0. The lowest BCUT2D eigenvalue weighted by Crippen LogP contribution is -2.01. The van der Waals surface area contributed by atoms with Crippen LogP contribution in [0.4, 0.5) is 0 Å². The van der Waals surface area contributed by atoms with E-state index in [1.54, 1.807) is 6.20 Å². The van der Waals surface area contributed by atoms with Gasteiger partial charge in [0.1, 0.15) is 0 Å². The highest BCUT2D eigenvalue weighted by atomic mass is 14.8. The Hall–Kier alpha value is -6.71. The normalized spacial score (nSPS) is 12.4. The monoisotopic (exact) mass is 667 g/mol. The number of pyridine rings is 1. The Kier molecular flexibility index (Phi) is 9.15. The Morgan fingerprint density at radius 2 is 1.00 bits per heavy atom. The lowest BCUT2D eigenvalue weighted by Gasteiger charge is -2.11. The molecule has 1 aromatic heterocycles. The van der Waals surface area contributed by atoms with Gasteiger partial charge in [-0.15, -0.1) is 0 Å². The molecule has 0 saturated carbocycles. The maximum Gasteiger partial charge on any atom is 0.0726 e. The van der Waals surface area contributed by atoms with Gasteiger partial charge in [-0.3, -0.25) is 15.0 Å². The van der Waals surface area contributed by atoms with E-state index in [0.29, 0.717) is 0 Å². The van der Waals surface area contributed by atoms with Crippen molar-refractivity contribution in [3.8, 4) is 33.4 Å². The summed E-state index contributed by atoms with van der Waals surface area (Å²) in [6.07, 6.45) is 5.78. The second kappa shape index (κ2) is 14.6. The molecular weight excluding hydrogens is 631 g/mol. The molecule has 0 aliphatic carbocycles. The largest absolute Gasteiger partial charge is 0.288 e. The predicted molar refractivity (Wildman–Crippen MR) is 221 cm³/mol. The van der Waals surface area contributed by atoms with Crippen LogP contribution in [-0.2, 0) is 0 Å². The summed E-state index contributed by atoms with van der Waals surface area (Å²) in [6, 6.07) is 60.0. The average molecular weight is 668 g/mol. The Morgan fingerprint density at radius 1 is 0.481 bits per heavy atom. The minimum atomic E-state index is 0.840. The molecule has 3 heteroatoms. The zero-order valence-electron chi connectivity index (χ0n) is 29.2. The summed E-state index contributed by atoms with van der Waals surface area (Å²) >= 11 is 0. The van der Waals surface area contributed by atoms with Gasteiger partial charge in [-0.25, -0.2) is 0 Å². The summed E-state index contributed by atoms with van der Waals surface area (Å²) in [5.41, 5.74) is 12.7. The number of aromatic nitrogens is 1. The molecule has 248 valence electrons. The highest BCUT2D eigenvalue weighted by molar-refractivity contribution is 6.14. The van der Waals surface area contributed by atoms with E-state index in [-0.39, 0.29) is 0 Å². The fourth-order valence-corrected chi connectivity index (χ4v) is 6.86. The van der Waals surface area contributed by atoms with E-state index in [0.717, 1.165) is 44.9 Å². The zero-order valence-corrected chi connectivity index (χ0v) is 29.2. The lowest BCUT2D eigenvalue weighted by atomic mass is 9.96. The zero-order chi connectivity index (χ0) is 35.3. The van der Waals surface area contributed by atoms with Crippen molar-refractivity contribution in [1.29, 1.82) is 0 Å². The fraction of sp³-hybridized carbons (Fsp3) is 0.0408. The van der Waals surface area contributed by atoms with E-state index in [9.17, 15) is 0 Å². The molecule has 0 amide bonds. The lowest BCUT2D eigenvalue weighted by molar-refractivity contribution is 1.33. The summed E-state index contributed by atoms with van der Waals surface area (Å²) < 4.78 is 0. The summed E-state index contributed by atoms with van der Waals surface area (Å²) in [7, 11) is 1.84. The van der Waals surface area contributed by atoms with Crippen LogP contribution in [0.15, 0.2) is 198 Å². The van der Waals surface area contributed by atoms with Crippen molar-refractivity contribution >= 4 is 38.7 Å². The Labute approximate surface area is 305 Å². The molecule has 0 aliphatic rings. The molecule has 8 aromatic rings. The number of fused-ring (bicyclic) bond motifs is 2. The highest BCUT2D eigenvalue weighted by Crippen LogP contribution is 2.31. The van der Waals surface area contributed by atoms with E-state index in [4.69, 9.17) is 9.98 Å². The molecule has 7 aromatic carbocycles. The summed E-state index contributed by atoms with van der Waals surface area (Å²) in [5, 5.41) is 4.97. The van der Waals surface area contributed by atoms with Crippen LogP contribution in [0.1, 0.15) is 23.6 Å². The minimum Gasteiger partial charge on any atom is -0.288 e. The van der Waals surface area contributed by atoms with Crippen LogP contribution in [-0.4, -0.2) is 23.5 Å². The predicted octanol–water partition coefficient (Wildman–Crippen LogP) is 12.4. The maximum absolute atomic E-state index is 5.27. The van der Waals surface area contributed by atoms with Crippen LogP contribution >= 0.6 is 0 Å². The number of allylic oxidation sites excluding steroid dienone is 1. The number of rotatable bonds is 8. The first-order valence-corrected chi connectivity index (χ1v) is 17.6.